The Labute approximate surface area is 155 Å². The van der Waals surface area contributed by atoms with Gasteiger partial charge in [0.1, 0.15) is 12.0 Å². The van der Waals surface area contributed by atoms with Gasteiger partial charge in [0.15, 0.2) is 0 Å². The zero-order valence-electron chi connectivity index (χ0n) is 15.0. The van der Waals surface area contributed by atoms with Crippen molar-refractivity contribution in [2.45, 2.75) is 19.8 Å². The summed E-state index contributed by atoms with van der Waals surface area (Å²) >= 11 is 0. The molecule has 0 aliphatic rings. The van der Waals surface area contributed by atoms with Crippen LogP contribution in [0.5, 0.6) is 5.88 Å². The average Bonchev–Trinajstić information content (AvgIpc) is 3.13. The van der Waals surface area contributed by atoms with Gasteiger partial charge < -0.3 is 9.72 Å². The van der Waals surface area contributed by atoms with E-state index in [1.165, 1.54) is 12.5 Å². The van der Waals surface area contributed by atoms with E-state index in [1.807, 2.05) is 12.1 Å². The van der Waals surface area contributed by atoms with Crippen molar-refractivity contribution in [3.05, 3.63) is 65.9 Å². The first kappa shape index (κ1) is 17.1. The summed E-state index contributed by atoms with van der Waals surface area (Å²) in [5.41, 5.74) is 4.73. The first-order valence-electron chi connectivity index (χ1n) is 8.64. The van der Waals surface area contributed by atoms with E-state index in [-0.39, 0.29) is 0 Å². The van der Waals surface area contributed by atoms with Crippen molar-refractivity contribution in [3.8, 4) is 17.0 Å². The number of halogens is 1. The van der Waals surface area contributed by atoms with Crippen molar-refractivity contribution in [2.75, 3.05) is 7.11 Å². The van der Waals surface area contributed by atoms with Gasteiger partial charge in [-0.2, -0.15) is 4.39 Å². The lowest BCUT2D eigenvalue weighted by Crippen LogP contribution is -1.98. The number of nitrogens with zero attached hydrogens (tertiary/aromatic N) is 4. The van der Waals surface area contributed by atoms with Gasteiger partial charge in [-0.25, -0.2) is 15.0 Å². The second-order valence-electron chi connectivity index (χ2n) is 6.16. The van der Waals surface area contributed by atoms with Gasteiger partial charge in [-0.05, 0) is 24.1 Å². The molecule has 0 aliphatic heterocycles. The second kappa shape index (κ2) is 7.11. The van der Waals surface area contributed by atoms with E-state index in [2.05, 4.69) is 31.8 Å². The third-order valence-electron chi connectivity index (χ3n) is 4.52. The van der Waals surface area contributed by atoms with Crippen LogP contribution in [0.3, 0.4) is 0 Å². The van der Waals surface area contributed by atoms with Crippen molar-refractivity contribution >= 4 is 11.0 Å². The molecular formula is C20H18FN5O. The van der Waals surface area contributed by atoms with Crippen LogP contribution in [0.4, 0.5) is 4.39 Å². The number of nitrogens with one attached hydrogen (secondary N) is 1. The number of rotatable bonds is 5. The lowest BCUT2D eigenvalue weighted by molar-refractivity contribution is 0.402. The van der Waals surface area contributed by atoms with Crippen LogP contribution < -0.4 is 4.74 Å². The first-order chi connectivity index (χ1) is 13.2. The van der Waals surface area contributed by atoms with Crippen LogP contribution in [-0.4, -0.2) is 32.0 Å². The molecule has 0 spiro atoms. The van der Waals surface area contributed by atoms with Gasteiger partial charge in [0, 0.05) is 47.4 Å². The van der Waals surface area contributed by atoms with Crippen LogP contribution in [0, 0.1) is 5.95 Å². The highest BCUT2D eigenvalue weighted by molar-refractivity contribution is 5.85. The van der Waals surface area contributed by atoms with E-state index < -0.39 is 5.95 Å². The maximum Gasteiger partial charge on any atom is 0.226 e. The topological polar surface area (TPSA) is 76.6 Å². The first-order valence-corrected chi connectivity index (χ1v) is 8.64. The molecule has 0 saturated carbocycles. The summed E-state index contributed by atoms with van der Waals surface area (Å²) in [7, 11) is 1.55. The summed E-state index contributed by atoms with van der Waals surface area (Å²) in [4.78, 5) is 19.7. The highest BCUT2D eigenvalue weighted by Gasteiger charge is 2.15. The van der Waals surface area contributed by atoms with Gasteiger partial charge in [0.05, 0.1) is 12.5 Å². The predicted molar refractivity (Wildman–Crippen MR) is 100 cm³/mol. The van der Waals surface area contributed by atoms with Gasteiger partial charge in [-0.1, -0.05) is 13.0 Å². The van der Waals surface area contributed by atoms with Crippen molar-refractivity contribution in [2.24, 2.45) is 0 Å². The molecule has 1 N–H and O–H groups in total. The lowest BCUT2D eigenvalue weighted by atomic mass is 10.0. The largest absolute Gasteiger partial charge is 0.480 e. The summed E-state index contributed by atoms with van der Waals surface area (Å²) < 4.78 is 19.7. The van der Waals surface area contributed by atoms with Gasteiger partial charge >= 0.3 is 0 Å². The minimum absolute atomic E-state index is 0.344. The molecule has 4 aromatic rings. The fraction of sp³-hybridized carbons (Fsp3) is 0.200. The molecule has 0 bridgehead atoms. The van der Waals surface area contributed by atoms with Crippen molar-refractivity contribution in [1.29, 1.82) is 0 Å². The van der Waals surface area contributed by atoms with Gasteiger partial charge in [0.25, 0.3) is 0 Å². The molecule has 0 amide bonds. The molecule has 0 aromatic carbocycles. The summed E-state index contributed by atoms with van der Waals surface area (Å²) in [5.74, 6) is -0.0396. The SMILES string of the molecule is CCc1ccc(-c2cnc(F)c(Cc3c[nH]c4ncnc(OC)c34)c2)cn1. The van der Waals surface area contributed by atoms with Crippen molar-refractivity contribution in [3.63, 3.8) is 0 Å². The Kier molecular flexibility index (Phi) is 4.50. The number of aryl methyl sites for hydroxylation is 1. The molecule has 7 heteroatoms. The average molecular weight is 363 g/mol. The van der Waals surface area contributed by atoms with E-state index in [1.54, 1.807) is 25.6 Å². The summed E-state index contributed by atoms with van der Waals surface area (Å²) in [6, 6.07) is 5.76. The van der Waals surface area contributed by atoms with E-state index in [4.69, 9.17) is 4.74 Å². The van der Waals surface area contributed by atoms with Gasteiger partial charge in [-0.15, -0.1) is 0 Å². The highest BCUT2D eigenvalue weighted by Crippen LogP contribution is 2.28. The Morgan fingerprint density at radius 2 is 1.89 bits per heavy atom. The fourth-order valence-corrected chi connectivity index (χ4v) is 3.08. The maximum absolute atomic E-state index is 14.4. The van der Waals surface area contributed by atoms with Crippen LogP contribution in [0.2, 0.25) is 0 Å². The normalized spacial score (nSPS) is 11.1. The molecule has 4 aromatic heterocycles. The molecule has 0 unspecified atom stereocenters. The zero-order chi connectivity index (χ0) is 18.8. The van der Waals surface area contributed by atoms with Gasteiger partial charge in [-0.3, -0.25) is 4.98 Å². The smallest absolute Gasteiger partial charge is 0.226 e. The molecule has 0 atom stereocenters. The number of hydrogen-bond donors (Lipinski definition) is 1. The number of fused-ring (bicyclic) bond motifs is 1. The molecule has 0 fully saturated rings. The molecule has 4 rings (SSSR count). The van der Waals surface area contributed by atoms with Crippen molar-refractivity contribution in [1.82, 2.24) is 24.9 Å². The quantitative estimate of drug-likeness (QED) is 0.547. The third kappa shape index (κ3) is 3.23. The molecule has 0 aliphatic carbocycles. The Morgan fingerprint density at radius 1 is 1.04 bits per heavy atom. The van der Waals surface area contributed by atoms with Gasteiger partial charge in [0.2, 0.25) is 11.8 Å². The van der Waals surface area contributed by atoms with E-state index in [0.717, 1.165) is 34.2 Å². The number of aromatic nitrogens is 5. The molecule has 6 nitrogen and oxygen atoms in total. The minimum Gasteiger partial charge on any atom is -0.480 e. The summed E-state index contributed by atoms with van der Waals surface area (Å²) in [6.45, 7) is 2.05. The number of pyridine rings is 2. The molecule has 0 saturated heterocycles. The molecular weight excluding hydrogens is 345 g/mol. The van der Waals surface area contributed by atoms with Crippen molar-refractivity contribution < 1.29 is 9.13 Å². The van der Waals surface area contributed by atoms with Crippen LogP contribution in [0.15, 0.2) is 43.1 Å². The fourth-order valence-electron chi connectivity index (χ4n) is 3.08. The van der Waals surface area contributed by atoms with Crippen LogP contribution in [-0.2, 0) is 12.8 Å². The highest BCUT2D eigenvalue weighted by atomic mass is 19.1. The number of H-pyrrole nitrogens is 1. The van der Waals surface area contributed by atoms with Crippen LogP contribution in [0.1, 0.15) is 23.7 Å². The third-order valence-corrected chi connectivity index (χ3v) is 4.52. The summed E-state index contributed by atoms with van der Waals surface area (Å²) in [5, 5.41) is 0.749. The Bertz CT molecular complexity index is 1090. The Balaban J connectivity index is 1.72. The minimum atomic E-state index is -0.498. The number of methoxy groups -OCH3 is 1. The predicted octanol–water partition coefficient (Wildman–Crippen LogP) is 3.72. The zero-order valence-corrected chi connectivity index (χ0v) is 15.0. The maximum atomic E-state index is 14.4. The van der Waals surface area contributed by atoms with E-state index in [9.17, 15) is 4.39 Å². The molecule has 27 heavy (non-hydrogen) atoms. The van der Waals surface area contributed by atoms with Crippen LogP contribution in [0.25, 0.3) is 22.2 Å². The Hall–Kier alpha value is -3.35. The number of ether oxygens (including phenoxy) is 1. The second-order valence-corrected chi connectivity index (χ2v) is 6.16. The number of aromatic amines is 1. The number of hydrogen-bond acceptors (Lipinski definition) is 5. The Morgan fingerprint density at radius 3 is 2.63 bits per heavy atom. The molecule has 4 heterocycles. The standard InChI is InChI=1S/C20H18FN5O/c1-3-16-5-4-12(8-22-16)14-6-13(18(21)23-9-14)7-15-10-24-19-17(15)20(27-2)26-11-25-19/h4-6,8-11H,3,7H2,1-2H3,(H,24,25,26). The van der Waals surface area contributed by atoms with E-state index >= 15 is 0 Å². The summed E-state index contributed by atoms with van der Waals surface area (Å²) in [6.07, 6.45) is 7.76. The monoisotopic (exact) mass is 363 g/mol. The van der Waals surface area contributed by atoms with E-state index in [0.29, 0.717) is 23.5 Å². The van der Waals surface area contributed by atoms with Crippen LogP contribution >= 0.6 is 0 Å². The molecule has 136 valence electrons. The molecule has 0 radical (unpaired) electrons. The lowest BCUT2D eigenvalue weighted by Gasteiger charge is -2.07.